The number of nitrogens with two attached hydrogens (primary N) is 1. The van der Waals surface area contributed by atoms with Gasteiger partial charge in [-0.15, -0.1) is 0 Å². The smallest absolute Gasteiger partial charge is 0.226 e. The molecule has 2 aliphatic rings. The lowest BCUT2D eigenvalue weighted by Gasteiger charge is -2.37. The number of likely N-dealkylation sites (tertiary alicyclic amines) is 2. The van der Waals surface area contributed by atoms with E-state index in [4.69, 9.17) is 19.6 Å². The minimum atomic E-state index is -2.09. The first-order valence-corrected chi connectivity index (χ1v) is 26.1. The van der Waals surface area contributed by atoms with Gasteiger partial charge in [-0.2, -0.15) is 27.0 Å². The summed E-state index contributed by atoms with van der Waals surface area (Å²) in [6, 6.07) is 30.2. The van der Waals surface area contributed by atoms with Crippen LogP contribution in [0.5, 0.6) is 11.5 Å². The van der Waals surface area contributed by atoms with Crippen LogP contribution in [0.1, 0.15) is 96.3 Å². The molecule has 2 fully saturated rings. The average Bonchev–Trinajstić information content (AvgIpc) is 3.86. The predicted molar refractivity (Wildman–Crippen MR) is 281 cm³/mol. The van der Waals surface area contributed by atoms with Crippen LogP contribution in [0.3, 0.4) is 0 Å². The van der Waals surface area contributed by atoms with E-state index >= 15 is 0 Å². The SMILES string of the molecule is CCc1ccc(C(=O)CCc2ccc(OCCC(=O)N3CC(=O)[C@@H](O[Si](C)(C)C(C)(C)C)C3)cc2)cc1.NCc1ccc(C(=O)CCc2ccc(OCCC(=O)N3CC(=O)[C@@H](O)C3)cc2)cc1.S.S. The Balaban J connectivity index is 0.000000362. The summed E-state index contributed by atoms with van der Waals surface area (Å²) >= 11 is 0. The molecule has 2 amide bonds. The number of carbonyl (C=O) groups excluding carboxylic acids is 6. The molecule has 0 aromatic heterocycles. The standard InChI is InChI=1S/C30H41NO5Si.C23H26N2O5.2H2S/c1-7-22-8-13-24(14-9-22)26(32)17-12-23-10-15-25(16-11-23)35-19-18-29(34)31-20-27(33)28(21-31)36-37(5,6)30(2,3)4;24-13-17-1-6-18(7-2-17)20(26)10-5-16-3-8-19(9-4-16)30-12-11-23(29)25-14-21(27)22(28)15-25;;/h8-11,13-16,28H,7,12,17-21H2,1-6H3;1-4,6-9,21,27H,5,10-15,24H2;2*1H2/t28-;21-;;/m00../s1. The third-order valence-electron chi connectivity index (χ3n) is 12.6. The maximum Gasteiger partial charge on any atom is 0.226 e. The minimum absolute atomic E-state index is 0. The van der Waals surface area contributed by atoms with Crippen LogP contribution < -0.4 is 15.2 Å². The van der Waals surface area contributed by atoms with Crippen molar-refractivity contribution in [2.45, 2.75) is 110 Å². The molecule has 0 aliphatic carbocycles. The van der Waals surface area contributed by atoms with Gasteiger partial charge in [-0.25, -0.2) is 0 Å². The molecule has 0 saturated carbocycles. The summed E-state index contributed by atoms with van der Waals surface area (Å²) in [5.74, 6) is 0.868. The third-order valence-corrected chi connectivity index (χ3v) is 17.1. The maximum absolute atomic E-state index is 12.7. The van der Waals surface area contributed by atoms with Crippen LogP contribution >= 0.6 is 27.0 Å². The molecule has 0 unspecified atom stereocenters. The highest BCUT2D eigenvalue weighted by Gasteiger charge is 2.44. The number of carbonyl (C=O) groups is 6. The monoisotopic (exact) mass is 1000 g/mol. The third kappa shape index (κ3) is 17.7. The number of aryl methyl sites for hydroxylation is 3. The van der Waals surface area contributed by atoms with E-state index in [0.29, 0.717) is 55.8 Å². The largest absolute Gasteiger partial charge is 0.493 e. The van der Waals surface area contributed by atoms with E-state index in [1.54, 1.807) is 4.90 Å². The number of β-amino-alcohol motifs (C(OH)–C–C–N with tert-alkyl or cyclic N) is 1. The van der Waals surface area contributed by atoms with Crippen molar-refractivity contribution in [1.29, 1.82) is 0 Å². The molecule has 2 saturated heterocycles. The van der Waals surface area contributed by atoms with Gasteiger partial charge in [-0.1, -0.05) is 100 Å². The molecule has 2 atom stereocenters. The fourth-order valence-corrected chi connectivity index (χ4v) is 8.50. The lowest BCUT2D eigenvalue weighted by Crippen LogP contribution is -2.46. The van der Waals surface area contributed by atoms with Crippen LogP contribution in [0, 0.1) is 0 Å². The van der Waals surface area contributed by atoms with E-state index in [-0.39, 0.29) is 113 Å². The Morgan fingerprint density at radius 1 is 0.623 bits per heavy atom. The number of nitrogens with zero attached hydrogens (tertiary/aromatic N) is 2. The average molecular weight is 1000 g/mol. The molecule has 2 aliphatic heterocycles. The fourth-order valence-electron chi connectivity index (χ4n) is 7.23. The van der Waals surface area contributed by atoms with Gasteiger partial charge in [0, 0.05) is 30.5 Å². The predicted octanol–water partition coefficient (Wildman–Crippen LogP) is 7.36. The number of amides is 2. The summed E-state index contributed by atoms with van der Waals surface area (Å²) in [6.45, 7) is 14.1. The Bertz CT molecular complexity index is 2320. The van der Waals surface area contributed by atoms with Crippen molar-refractivity contribution in [3.63, 3.8) is 0 Å². The van der Waals surface area contributed by atoms with Gasteiger partial charge in [-0.05, 0) is 83.9 Å². The normalized spacial score (nSPS) is 15.7. The van der Waals surface area contributed by atoms with Crippen LogP contribution in [0.15, 0.2) is 97.1 Å². The van der Waals surface area contributed by atoms with E-state index < -0.39 is 20.5 Å². The van der Waals surface area contributed by atoms with Gasteiger partial charge in [0.25, 0.3) is 0 Å². The molecular weight excluding hydrogens is 931 g/mol. The fraction of sp³-hybridized carbons (Fsp3) is 0.434. The van der Waals surface area contributed by atoms with Crippen LogP contribution in [0.2, 0.25) is 18.1 Å². The molecule has 0 bridgehead atoms. The first-order valence-electron chi connectivity index (χ1n) is 23.2. The zero-order chi connectivity index (χ0) is 48.7. The van der Waals surface area contributed by atoms with Crippen LogP contribution in [0.4, 0.5) is 0 Å². The Morgan fingerprint density at radius 3 is 1.42 bits per heavy atom. The molecule has 0 radical (unpaired) electrons. The number of hydrogen-bond donors (Lipinski definition) is 2. The Labute approximate surface area is 422 Å². The number of ether oxygens (including phenoxy) is 2. The molecule has 69 heavy (non-hydrogen) atoms. The van der Waals surface area contributed by atoms with Gasteiger partial charge in [0.1, 0.15) is 23.7 Å². The Kier molecular flexibility index (Phi) is 23.1. The second-order valence-electron chi connectivity index (χ2n) is 18.6. The van der Waals surface area contributed by atoms with Gasteiger partial charge in [0.2, 0.25) is 11.8 Å². The van der Waals surface area contributed by atoms with Crippen molar-refractivity contribution in [1.82, 2.24) is 9.80 Å². The number of ketones is 4. The topological polar surface area (TPSA) is 183 Å². The number of rotatable bonds is 20. The molecule has 13 nitrogen and oxygen atoms in total. The van der Waals surface area contributed by atoms with Crippen molar-refractivity contribution < 1.29 is 47.8 Å². The van der Waals surface area contributed by atoms with E-state index in [0.717, 1.165) is 28.7 Å². The lowest BCUT2D eigenvalue weighted by atomic mass is 10.0. The summed E-state index contributed by atoms with van der Waals surface area (Å²) in [5.41, 5.74) is 11.3. The first-order chi connectivity index (χ1) is 31.8. The highest BCUT2D eigenvalue weighted by molar-refractivity contribution is 7.59. The molecule has 4 aromatic rings. The highest BCUT2D eigenvalue weighted by Crippen LogP contribution is 2.38. The second kappa shape index (κ2) is 27.3. The molecule has 4 aromatic carbocycles. The summed E-state index contributed by atoms with van der Waals surface area (Å²) in [6.07, 6.45) is 1.86. The zero-order valence-corrected chi connectivity index (χ0v) is 43.9. The lowest BCUT2D eigenvalue weighted by molar-refractivity contribution is -0.132. The quantitative estimate of drug-likeness (QED) is 0.0667. The molecule has 6 rings (SSSR count). The molecule has 16 heteroatoms. The van der Waals surface area contributed by atoms with Crippen LogP contribution in [-0.2, 0) is 49.4 Å². The number of aliphatic hydroxyl groups is 1. The first kappa shape index (κ1) is 58.2. The molecule has 374 valence electrons. The van der Waals surface area contributed by atoms with E-state index in [2.05, 4.69) is 40.8 Å². The summed E-state index contributed by atoms with van der Waals surface area (Å²) in [7, 11) is -2.09. The number of benzene rings is 4. The maximum atomic E-state index is 12.7. The van der Waals surface area contributed by atoms with Gasteiger partial charge < -0.3 is 34.5 Å². The van der Waals surface area contributed by atoms with Gasteiger partial charge in [0.05, 0.1) is 52.2 Å². The number of Topliss-reactive ketones (excluding diaryl/α,β-unsaturated/α-hetero) is 4. The zero-order valence-electron chi connectivity index (χ0n) is 40.9. The summed E-state index contributed by atoms with van der Waals surface area (Å²) in [4.78, 5) is 76.2. The van der Waals surface area contributed by atoms with Gasteiger partial charge >= 0.3 is 0 Å². The molecule has 0 spiro atoms. The van der Waals surface area contributed by atoms with Crippen molar-refractivity contribution in [2.24, 2.45) is 5.73 Å². The van der Waals surface area contributed by atoms with E-state index in [9.17, 15) is 33.9 Å². The number of aliphatic hydroxyl groups excluding tert-OH is 1. The van der Waals surface area contributed by atoms with Gasteiger partial charge in [0.15, 0.2) is 31.5 Å². The van der Waals surface area contributed by atoms with Crippen molar-refractivity contribution >= 4 is 70.3 Å². The highest BCUT2D eigenvalue weighted by atomic mass is 32.1. The molecule has 3 N–H and O–H groups in total. The van der Waals surface area contributed by atoms with Crippen molar-refractivity contribution in [3.05, 3.63) is 130 Å². The molecular formula is C53H71N3O10S2Si. The summed E-state index contributed by atoms with van der Waals surface area (Å²) < 4.78 is 17.6. The van der Waals surface area contributed by atoms with Crippen LogP contribution in [-0.4, -0.2) is 110 Å². The molecule has 2 heterocycles. The van der Waals surface area contributed by atoms with E-state index in [1.165, 1.54) is 10.5 Å². The van der Waals surface area contributed by atoms with E-state index in [1.807, 2.05) is 97.1 Å². The Hall–Kier alpha value is -5.10. The minimum Gasteiger partial charge on any atom is -0.493 e. The number of hydrogen-bond acceptors (Lipinski definition) is 11. The second-order valence-corrected chi connectivity index (χ2v) is 23.4. The summed E-state index contributed by atoms with van der Waals surface area (Å²) in [5, 5.41) is 9.41. The van der Waals surface area contributed by atoms with Gasteiger partial charge in [-0.3, -0.25) is 28.8 Å². The van der Waals surface area contributed by atoms with Crippen molar-refractivity contribution in [3.8, 4) is 11.5 Å². The van der Waals surface area contributed by atoms with Crippen LogP contribution in [0.25, 0.3) is 0 Å². The van der Waals surface area contributed by atoms with Crippen molar-refractivity contribution in [2.75, 3.05) is 39.4 Å². The Morgan fingerprint density at radius 2 is 1.03 bits per heavy atom.